The molecule has 1 aliphatic heterocycles. The summed E-state index contributed by atoms with van der Waals surface area (Å²) in [5.74, 6) is -0.620. The highest BCUT2D eigenvalue weighted by molar-refractivity contribution is 7.88. The summed E-state index contributed by atoms with van der Waals surface area (Å²) < 4.78 is 30.7. The zero-order valence-electron chi connectivity index (χ0n) is 16.4. The number of esters is 1. The average molecular weight is 409 g/mol. The molecule has 0 unspecified atom stereocenters. The van der Waals surface area contributed by atoms with Gasteiger partial charge in [0.25, 0.3) is 5.91 Å². The summed E-state index contributed by atoms with van der Waals surface area (Å²) in [6.07, 6.45) is 5.59. The van der Waals surface area contributed by atoms with Crippen LogP contribution in [0.2, 0.25) is 0 Å². The molecule has 1 N–H and O–H groups in total. The number of sulfonamides is 1. The Morgan fingerprint density at radius 2 is 1.86 bits per heavy atom. The fraction of sp³-hybridized carbons (Fsp3) is 0.600. The van der Waals surface area contributed by atoms with Crippen LogP contribution < -0.4 is 5.32 Å². The fourth-order valence-electron chi connectivity index (χ4n) is 4.06. The minimum atomic E-state index is -3.60. The van der Waals surface area contributed by atoms with Crippen molar-refractivity contribution in [2.75, 3.05) is 12.9 Å². The molecule has 0 aromatic heterocycles. The molecule has 0 bridgehead atoms. The van der Waals surface area contributed by atoms with Crippen LogP contribution in [0.3, 0.4) is 0 Å². The lowest BCUT2D eigenvalue weighted by atomic mass is 9.86. The minimum Gasteiger partial charge on any atom is -0.454 e. The van der Waals surface area contributed by atoms with E-state index in [4.69, 9.17) is 4.74 Å². The zero-order chi connectivity index (χ0) is 20.3. The van der Waals surface area contributed by atoms with E-state index in [0.717, 1.165) is 41.0 Å². The van der Waals surface area contributed by atoms with Gasteiger partial charge in [0, 0.05) is 19.0 Å². The van der Waals surface area contributed by atoms with Gasteiger partial charge in [0.1, 0.15) is 6.04 Å². The van der Waals surface area contributed by atoms with Crippen LogP contribution in [0.25, 0.3) is 0 Å². The Labute approximate surface area is 166 Å². The SMILES string of the molecule is C[C@H]1CCCC[C@@H]1NC(=O)COC(=O)[C@@H]1Cc2ccccc2CN1S(C)(=O)=O. The molecule has 28 heavy (non-hydrogen) atoms. The first-order chi connectivity index (χ1) is 13.3. The van der Waals surface area contributed by atoms with E-state index in [1.807, 2.05) is 24.3 Å². The molecule has 1 fully saturated rings. The lowest BCUT2D eigenvalue weighted by molar-refractivity contribution is -0.153. The zero-order valence-corrected chi connectivity index (χ0v) is 17.2. The van der Waals surface area contributed by atoms with Gasteiger partial charge in [-0.05, 0) is 29.9 Å². The maximum atomic E-state index is 12.6. The van der Waals surface area contributed by atoms with E-state index in [1.165, 1.54) is 6.42 Å². The first-order valence-electron chi connectivity index (χ1n) is 9.75. The second kappa shape index (κ2) is 8.61. The highest BCUT2D eigenvalue weighted by atomic mass is 32.2. The predicted octanol–water partition coefficient (Wildman–Crippen LogP) is 1.61. The average Bonchev–Trinajstić information content (AvgIpc) is 2.66. The molecular weight excluding hydrogens is 380 g/mol. The smallest absolute Gasteiger partial charge is 0.325 e. The second-order valence-corrected chi connectivity index (χ2v) is 9.78. The van der Waals surface area contributed by atoms with E-state index in [-0.39, 0.29) is 24.9 Å². The van der Waals surface area contributed by atoms with E-state index in [2.05, 4.69) is 12.2 Å². The molecular formula is C20H28N2O5S. The molecule has 3 atom stereocenters. The van der Waals surface area contributed by atoms with Gasteiger partial charge in [-0.15, -0.1) is 0 Å². The van der Waals surface area contributed by atoms with Crippen molar-refractivity contribution in [3.63, 3.8) is 0 Å². The number of carbonyl (C=O) groups is 2. The Morgan fingerprint density at radius 3 is 2.54 bits per heavy atom. The first kappa shape index (κ1) is 20.8. The first-order valence-corrected chi connectivity index (χ1v) is 11.6. The summed E-state index contributed by atoms with van der Waals surface area (Å²) in [6, 6.07) is 6.59. The third-order valence-electron chi connectivity index (χ3n) is 5.71. The molecule has 1 aliphatic carbocycles. The van der Waals surface area contributed by atoms with Crippen LogP contribution in [0.15, 0.2) is 24.3 Å². The molecule has 8 heteroatoms. The minimum absolute atomic E-state index is 0.106. The van der Waals surface area contributed by atoms with Crippen LogP contribution in [0.1, 0.15) is 43.7 Å². The predicted molar refractivity (Wildman–Crippen MR) is 105 cm³/mol. The molecule has 1 heterocycles. The molecule has 1 amide bonds. The lowest BCUT2D eigenvalue weighted by Crippen LogP contribution is -2.49. The number of hydrogen-bond acceptors (Lipinski definition) is 5. The standard InChI is InChI=1S/C20H28N2O5S/c1-14-7-3-6-10-17(14)21-19(23)13-27-20(24)18-11-15-8-4-5-9-16(15)12-22(18)28(2,25)26/h4-5,8-9,14,17-18H,3,6-7,10-13H2,1-2H3,(H,21,23)/t14-,17-,18-/m0/s1. The van der Waals surface area contributed by atoms with Gasteiger partial charge in [0.05, 0.1) is 6.26 Å². The van der Waals surface area contributed by atoms with E-state index >= 15 is 0 Å². The van der Waals surface area contributed by atoms with Crippen molar-refractivity contribution in [2.45, 2.75) is 57.7 Å². The largest absolute Gasteiger partial charge is 0.454 e. The Balaban J connectivity index is 1.62. The summed E-state index contributed by atoms with van der Waals surface area (Å²) in [6.45, 7) is 1.85. The van der Waals surface area contributed by atoms with Gasteiger partial charge in [0.2, 0.25) is 10.0 Å². The highest BCUT2D eigenvalue weighted by Crippen LogP contribution is 2.26. The lowest BCUT2D eigenvalue weighted by Gasteiger charge is -2.33. The van der Waals surface area contributed by atoms with Crippen LogP contribution in [-0.2, 0) is 37.3 Å². The van der Waals surface area contributed by atoms with E-state index in [1.54, 1.807) is 0 Å². The Hall–Kier alpha value is -1.93. The van der Waals surface area contributed by atoms with Crippen molar-refractivity contribution in [1.82, 2.24) is 9.62 Å². The third kappa shape index (κ3) is 4.91. The van der Waals surface area contributed by atoms with E-state index < -0.39 is 28.6 Å². The number of hydrogen-bond donors (Lipinski definition) is 1. The van der Waals surface area contributed by atoms with Crippen LogP contribution in [0, 0.1) is 5.92 Å². The quantitative estimate of drug-likeness (QED) is 0.747. The summed E-state index contributed by atoms with van der Waals surface area (Å²) in [4.78, 5) is 24.8. The summed E-state index contributed by atoms with van der Waals surface area (Å²) in [7, 11) is -3.60. The maximum Gasteiger partial charge on any atom is 0.325 e. The van der Waals surface area contributed by atoms with Gasteiger partial charge in [-0.3, -0.25) is 9.59 Å². The summed E-state index contributed by atoms with van der Waals surface area (Å²) in [5, 5.41) is 2.94. The molecule has 0 spiro atoms. The Bertz CT molecular complexity index is 839. The molecule has 0 radical (unpaired) electrons. The van der Waals surface area contributed by atoms with Gasteiger partial charge in [0.15, 0.2) is 6.61 Å². The number of fused-ring (bicyclic) bond motifs is 1. The molecule has 2 aliphatic rings. The fourth-order valence-corrected chi connectivity index (χ4v) is 5.06. The number of amides is 1. The molecule has 7 nitrogen and oxygen atoms in total. The van der Waals surface area contributed by atoms with Crippen LogP contribution in [0.4, 0.5) is 0 Å². The second-order valence-electron chi connectivity index (χ2n) is 7.84. The van der Waals surface area contributed by atoms with Crippen LogP contribution in [-0.4, -0.2) is 49.5 Å². The Morgan fingerprint density at radius 1 is 1.18 bits per heavy atom. The van der Waals surface area contributed by atoms with Crippen LogP contribution in [0.5, 0.6) is 0 Å². The van der Waals surface area contributed by atoms with Crippen molar-refractivity contribution < 1.29 is 22.7 Å². The number of rotatable bonds is 5. The number of carbonyl (C=O) groups excluding carboxylic acids is 2. The topological polar surface area (TPSA) is 92.8 Å². The van der Waals surface area contributed by atoms with E-state index in [0.29, 0.717) is 5.92 Å². The Kier molecular flexibility index (Phi) is 6.40. The van der Waals surface area contributed by atoms with Gasteiger partial charge in [-0.1, -0.05) is 44.0 Å². The molecule has 3 rings (SSSR count). The molecule has 0 saturated heterocycles. The number of nitrogens with zero attached hydrogens (tertiary/aromatic N) is 1. The monoisotopic (exact) mass is 408 g/mol. The van der Waals surface area contributed by atoms with Crippen molar-refractivity contribution in [3.8, 4) is 0 Å². The van der Waals surface area contributed by atoms with Crippen molar-refractivity contribution in [1.29, 1.82) is 0 Å². The molecule has 1 aromatic rings. The van der Waals surface area contributed by atoms with Crippen molar-refractivity contribution in [2.24, 2.45) is 5.92 Å². The molecule has 1 aromatic carbocycles. The molecule has 154 valence electrons. The van der Waals surface area contributed by atoms with Crippen molar-refractivity contribution in [3.05, 3.63) is 35.4 Å². The van der Waals surface area contributed by atoms with Gasteiger partial charge in [-0.2, -0.15) is 4.31 Å². The molecule has 1 saturated carbocycles. The maximum absolute atomic E-state index is 12.6. The van der Waals surface area contributed by atoms with Crippen LogP contribution >= 0.6 is 0 Å². The number of ether oxygens (including phenoxy) is 1. The van der Waals surface area contributed by atoms with E-state index in [9.17, 15) is 18.0 Å². The summed E-state index contributed by atoms with van der Waals surface area (Å²) in [5.41, 5.74) is 1.80. The van der Waals surface area contributed by atoms with Gasteiger partial charge >= 0.3 is 5.97 Å². The summed E-state index contributed by atoms with van der Waals surface area (Å²) >= 11 is 0. The normalized spacial score (nSPS) is 25.6. The number of benzene rings is 1. The highest BCUT2D eigenvalue weighted by Gasteiger charge is 2.38. The third-order valence-corrected chi connectivity index (χ3v) is 6.94. The van der Waals surface area contributed by atoms with Crippen molar-refractivity contribution >= 4 is 21.9 Å². The number of nitrogens with one attached hydrogen (secondary N) is 1. The van der Waals surface area contributed by atoms with Gasteiger partial charge in [-0.25, -0.2) is 8.42 Å². The van der Waals surface area contributed by atoms with Gasteiger partial charge < -0.3 is 10.1 Å².